The van der Waals surface area contributed by atoms with E-state index in [9.17, 15) is 0 Å². The van der Waals surface area contributed by atoms with Crippen molar-refractivity contribution in [1.29, 1.82) is 0 Å². The standard InChI is InChI=1S/C13H25N/c1-10-5-6-12(9-11(10)2)13(3)7-4-8-14-13/h10-12,14H,4-9H2,1-3H3. The highest BCUT2D eigenvalue weighted by molar-refractivity contribution is 4.97. The average molecular weight is 195 g/mol. The molecule has 14 heavy (non-hydrogen) atoms. The van der Waals surface area contributed by atoms with Crippen molar-refractivity contribution < 1.29 is 0 Å². The third kappa shape index (κ3) is 1.84. The Balaban J connectivity index is 1.98. The van der Waals surface area contributed by atoms with Crippen LogP contribution in [0, 0.1) is 17.8 Å². The highest BCUT2D eigenvalue weighted by atomic mass is 15.0. The molecule has 4 unspecified atom stereocenters. The summed E-state index contributed by atoms with van der Waals surface area (Å²) in [5.74, 6) is 2.83. The van der Waals surface area contributed by atoms with Gasteiger partial charge in [-0.25, -0.2) is 0 Å². The smallest absolute Gasteiger partial charge is 0.0182 e. The minimum absolute atomic E-state index is 0.481. The van der Waals surface area contributed by atoms with Crippen molar-refractivity contribution in [2.75, 3.05) is 6.54 Å². The van der Waals surface area contributed by atoms with Crippen LogP contribution in [0.2, 0.25) is 0 Å². The van der Waals surface area contributed by atoms with E-state index in [1.54, 1.807) is 0 Å². The van der Waals surface area contributed by atoms with Crippen molar-refractivity contribution in [2.45, 2.75) is 58.4 Å². The molecule has 1 N–H and O–H groups in total. The molecule has 1 saturated carbocycles. The Morgan fingerprint density at radius 1 is 1.14 bits per heavy atom. The van der Waals surface area contributed by atoms with Crippen LogP contribution in [0.1, 0.15) is 52.9 Å². The summed E-state index contributed by atoms with van der Waals surface area (Å²) in [7, 11) is 0. The highest BCUT2D eigenvalue weighted by Crippen LogP contribution is 2.41. The van der Waals surface area contributed by atoms with Crippen molar-refractivity contribution >= 4 is 0 Å². The Morgan fingerprint density at radius 2 is 1.93 bits per heavy atom. The van der Waals surface area contributed by atoms with Gasteiger partial charge >= 0.3 is 0 Å². The van der Waals surface area contributed by atoms with Crippen LogP contribution >= 0.6 is 0 Å². The van der Waals surface area contributed by atoms with Gasteiger partial charge in [0, 0.05) is 5.54 Å². The third-order valence-electron chi connectivity index (χ3n) is 4.90. The molecule has 2 aliphatic rings. The molecular formula is C13H25N. The molecule has 1 nitrogen and oxygen atoms in total. The summed E-state index contributed by atoms with van der Waals surface area (Å²) >= 11 is 0. The zero-order chi connectivity index (χ0) is 10.2. The predicted octanol–water partition coefficient (Wildman–Crippen LogP) is 3.20. The molecule has 1 aliphatic heterocycles. The molecule has 1 heteroatoms. The van der Waals surface area contributed by atoms with Crippen LogP contribution in [-0.4, -0.2) is 12.1 Å². The van der Waals surface area contributed by atoms with Gasteiger partial charge < -0.3 is 5.32 Å². The Bertz CT molecular complexity index is 193. The molecule has 1 heterocycles. The molecule has 2 fully saturated rings. The van der Waals surface area contributed by atoms with Crippen LogP contribution in [0.15, 0.2) is 0 Å². The van der Waals surface area contributed by atoms with E-state index in [0.717, 1.165) is 17.8 Å². The van der Waals surface area contributed by atoms with Crippen molar-refractivity contribution in [2.24, 2.45) is 17.8 Å². The van der Waals surface area contributed by atoms with Crippen molar-refractivity contribution in [3.05, 3.63) is 0 Å². The monoisotopic (exact) mass is 195 g/mol. The molecule has 1 saturated heterocycles. The Kier molecular flexibility index (Phi) is 2.88. The van der Waals surface area contributed by atoms with Gasteiger partial charge in [-0.05, 0) is 56.9 Å². The van der Waals surface area contributed by atoms with E-state index in [0.29, 0.717) is 5.54 Å². The molecular weight excluding hydrogens is 170 g/mol. The highest BCUT2D eigenvalue weighted by Gasteiger charge is 2.39. The second-order valence-electron chi connectivity index (χ2n) is 5.91. The second kappa shape index (κ2) is 3.84. The van der Waals surface area contributed by atoms with Gasteiger partial charge in [0.1, 0.15) is 0 Å². The molecule has 0 aromatic carbocycles. The summed E-state index contributed by atoms with van der Waals surface area (Å²) in [6.07, 6.45) is 7.14. The SMILES string of the molecule is CC1CCC(C2(C)CCCN2)CC1C. The maximum Gasteiger partial charge on any atom is 0.0182 e. The van der Waals surface area contributed by atoms with Crippen LogP contribution in [-0.2, 0) is 0 Å². The van der Waals surface area contributed by atoms with Crippen molar-refractivity contribution in [3.8, 4) is 0 Å². The third-order valence-corrected chi connectivity index (χ3v) is 4.90. The number of rotatable bonds is 1. The zero-order valence-corrected chi connectivity index (χ0v) is 9.97. The fraction of sp³-hybridized carbons (Fsp3) is 1.00. The summed E-state index contributed by atoms with van der Waals surface area (Å²) in [4.78, 5) is 0. The summed E-state index contributed by atoms with van der Waals surface area (Å²) in [6.45, 7) is 8.56. The quantitative estimate of drug-likeness (QED) is 0.677. The van der Waals surface area contributed by atoms with E-state index in [-0.39, 0.29) is 0 Å². The lowest BCUT2D eigenvalue weighted by molar-refractivity contribution is 0.130. The summed E-state index contributed by atoms with van der Waals surface area (Å²) in [5, 5.41) is 3.74. The second-order valence-corrected chi connectivity index (χ2v) is 5.91. The molecule has 4 atom stereocenters. The molecule has 0 amide bonds. The van der Waals surface area contributed by atoms with Crippen molar-refractivity contribution in [1.82, 2.24) is 5.32 Å². The number of hydrogen-bond acceptors (Lipinski definition) is 1. The minimum Gasteiger partial charge on any atom is -0.311 e. The van der Waals surface area contributed by atoms with Gasteiger partial charge in [0.05, 0.1) is 0 Å². The average Bonchev–Trinajstić information content (AvgIpc) is 2.58. The molecule has 0 radical (unpaired) electrons. The first-order valence-corrected chi connectivity index (χ1v) is 6.37. The summed E-state index contributed by atoms with van der Waals surface area (Å²) < 4.78 is 0. The van der Waals surface area contributed by atoms with E-state index < -0.39 is 0 Å². The molecule has 82 valence electrons. The first kappa shape index (κ1) is 10.5. The maximum atomic E-state index is 3.74. The van der Waals surface area contributed by atoms with Crippen LogP contribution in [0.4, 0.5) is 0 Å². The van der Waals surface area contributed by atoms with E-state index in [4.69, 9.17) is 0 Å². The number of nitrogens with one attached hydrogen (secondary N) is 1. The van der Waals surface area contributed by atoms with Crippen LogP contribution < -0.4 is 5.32 Å². The Hall–Kier alpha value is -0.0400. The summed E-state index contributed by atoms with van der Waals surface area (Å²) in [5.41, 5.74) is 0.481. The molecule has 0 aromatic heterocycles. The molecule has 0 aromatic rings. The van der Waals surface area contributed by atoms with Gasteiger partial charge in [-0.1, -0.05) is 20.3 Å². The van der Waals surface area contributed by atoms with E-state index >= 15 is 0 Å². The lowest BCUT2D eigenvalue weighted by Gasteiger charge is -2.41. The normalized spacial score (nSPS) is 49.5. The Labute approximate surface area is 88.7 Å². The number of hydrogen-bond donors (Lipinski definition) is 1. The maximum absolute atomic E-state index is 3.74. The zero-order valence-electron chi connectivity index (χ0n) is 9.97. The van der Waals surface area contributed by atoms with Gasteiger partial charge in [0.15, 0.2) is 0 Å². The van der Waals surface area contributed by atoms with E-state index in [1.165, 1.54) is 38.6 Å². The van der Waals surface area contributed by atoms with Crippen LogP contribution in [0.5, 0.6) is 0 Å². The van der Waals surface area contributed by atoms with E-state index in [2.05, 4.69) is 26.1 Å². The first-order valence-electron chi connectivity index (χ1n) is 6.37. The van der Waals surface area contributed by atoms with Gasteiger partial charge in [0.25, 0.3) is 0 Å². The predicted molar refractivity (Wildman–Crippen MR) is 61.3 cm³/mol. The Morgan fingerprint density at radius 3 is 2.50 bits per heavy atom. The lowest BCUT2D eigenvalue weighted by atomic mass is 9.68. The first-order chi connectivity index (χ1) is 6.62. The minimum atomic E-state index is 0.481. The summed E-state index contributed by atoms with van der Waals surface area (Å²) in [6, 6.07) is 0. The van der Waals surface area contributed by atoms with Crippen LogP contribution in [0.3, 0.4) is 0 Å². The topological polar surface area (TPSA) is 12.0 Å². The molecule has 1 aliphatic carbocycles. The molecule has 2 rings (SSSR count). The van der Waals surface area contributed by atoms with Gasteiger partial charge in [0.2, 0.25) is 0 Å². The van der Waals surface area contributed by atoms with Gasteiger partial charge in [-0.15, -0.1) is 0 Å². The fourth-order valence-electron chi connectivity index (χ4n) is 3.39. The molecule has 0 bridgehead atoms. The lowest BCUT2D eigenvalue weighted by Crippen LogP contribution is -2.46. The largest absolute Gasteiger partial charge is 0.311 e. The van der Waals surface area contributed by atoms with E-state index in [1.807, 2.05) is 0 Å². The molecule has 0 spiro atoms. The van der Waals surface area contributed by atoms with Crippen molar-refractivity contribution in [3.63, 3.8) is 0 Å². The van der Waals surface area contributed by atoms with Gasteiger partial charge in [-0.2, -0.15) is 0 Å². The fourth-order valence-corrected chi connectivity index (χ4v) is 3.39. The van der Waals surface area contributed by atoms with Crippen LogP contribution in [0.25, 0.3) is 0 Å². The van der Waals surface area contributed by atoms with Gasteiger partial charge in [-0.3, -0.25) is 0 Å².